The Morgan fingerprint density at radius 3 is 2.38 bits per heavy atom. The summed E-state index contributed by atoms with van der Waals surface area (Å²) >= 11 is 3.45. The minimum absolute atomic E-state index is 0.0000183. The van der Waals surface area contributed by atoms with Crippen LogP contribution in [0.5, 0.6) is 5.75 Å². The van der Waals surface area contributed by atoms with Crippen molar-refractivity contribution in [2.45, 2.75) is 13.2 Å². The van der Waals surface area contributed by atoms with Crippen LogP contribution < -0.4 is 10.1 Å². The van der Waals surface area contributed by atoms with E-state index < -0.39 is 11.9 Å². The summed E-state index contributed by atoms with van der Waals surface area (Å²) in [6, 6.07) is 23.1. The fourth-order valence-corrected chi connectivity index (χ4v) is 3.33. The van der Waals surface area contributed by atoms with E-state index in [1.807, 2.05) is 36.4 Å². The van der Waals surface area contributed by atoms with Crippen LogP contribution in [0, 0.1) is 11.3 Å². The molecule has 0 aromatic heterocycles. The van der Waals surface area contributed by atoms with E-state index in [9.17, 15) is 14.9 Å². The molecule has 1 amide bonds. The molecule has 0 aliphatic heterocycles. The van der Waals surface area contributed by atoms with Crippen molar-refractivity contribution in [3.8, 4) is 11.8 Å². The van der Waals surface area contributed by atoms with Crippen LogP contribution in [0.25, 0.3) is 6.08 Å². The molecular formula is C25H19BrN2O4. The fourth-order valence-electron chi connectivity index (χ4n) is 2.82. The van der Waals surface area contributed by atoms with Crippen LogP contribution >= 0.6 is 15.9 Å². The van der Waals surface area contributed by atoms with Crippen LogP contribution in [0.15, 0.2) is 82.8 Å². The maximum Gasteiger partial charge on any atom is 0.335 e. The van der Waals surface area contributed by atoms with Gasteiger partial charge in [0.05, 0.1) is 10.0 Å². The summed E-state index contributed by atoms with van der Waals surface area (Å²) < 4.78 is 6.45. The monoisotopic (exact) mass is 490 g/mol. The van der Waals surface area contributed by atoms with Crippen LogP contribution in [-0.4, -0.2) is 17.0 Å². The quantitative estimate of drug-likeness (QED) is 0.343. The molecule has 0 saturated carbocycles. The highest BCUT2D eigenvalue weighted by Crippen LogP contribution is 2.28. The first kappa shape index (κ1) is 22.8. The standard InChI is InChI=1S/C25H19BrN2O4/c26-22-13-19(12-21(14-27)24(29)28-15-17-4-2-1-3-5-17)8-11-23(22)32-16-18-6-9-20(10-7-18)25(30)31/h1-13H,15-16H2,(H,28,29)(H,30,31)/b21-12-. The molecule has 3 rings (SSSR count). The van der Waals surface area contributed by atoms with E-state index in [2.05, 4.69) is 21.2 Å². The molecule has 0 spiro atoms. The lowest BCUT2D eigenvalue weighted by atomic mass is 10.1. The number of halogens is 1. The van der Waals surface area contributed by atoms with Crippen LogP contribution in [0.3, 0.4) is 0 Å². The van der Waals surface area contributed by atoms with E-state index in [1.165, 1.54) is 18.2 Å². The van der Waals surface area contributed by atoms with Crippen molar-refractivity contribution >= 4 is 33.9 Å². The number of amides is 1. The maximum atomic E-state index is 12.4. The maximum absolute atomic E-state index is 12.4. The average Bonchev–Trinajstić information content (AvgIpc) is 2.81. The highest BCUT2D eigenvalue weighted by Gasteiger charge is 2.10. The SMILES string of the molecule is N#C/C(=C/c1ccc(OCc2ccc(C(=O)O)cc2)c(Br)c1)C(=O)NCc1ccccc1. The highest BCUT2D eigenvalue weighted by atomic mass is 79.9. The Balaban J connectivity index is 1.63. The van der Waals surface area contributed by atoms with Crippen LogP contribution in [0.2, 0.25) is 0 Å². The second-order valence-corrected chi connectivity index (χ2v) is 7.67. The number of nitrogens with one attached hydrogen (secondary N) is 1. The average molecular weight is 491 g/mol. The molecule has 3 aromatic rings. The lowest BCUT2D eigenvalue weighted by Gasteiger charge is -2.09. The molecule has 2 N–H and O–H groups in total. The van der Waals surface area contributed by atoms with Crippen molar-refractivity contribution in [3.05, 3.63) is 105 Å². The number of ether oxygens (including phenoxy) is 1. The van der Waals surface area contributed by atoms with Gasteiger partial charge in [-0.3, -0.25) is 4.79 Å². The van der Waals surface area contributed by atoms with Gasteiger partial charge in [-0.05, 0) is 63.0 Å². The third-order valence-corrected chi connectivity index (χ3v) is 5.14. The van der Waals surface area contributed by atoms with E-state index in [-0.39, 0.29) is 17.7 Å². The van der Waals surface area contributed by atoms with Gasteiger partial charge in [0.15, 0.2) is 0 Å². The summed E-state index contributed by atoms with van der Waals surface area (Å²) in [6.45, 7) is 0.599. The van der Waals surface area contributed by atoms with Gasteiger partial charge >= 0.3 is 5.97 Å². The van der Waals surface area contributed by atoms with Crippen LogP contribution in [0.4, 0.5) is 0 Å². The molecule has 0 aliphatic rings. The van der Waals surface area contributed by atoms with Gasteiger partial charge in [-0.1, -0.05) is 48.5 Å². The smallest absolute Gasteiger partial charge is 0.335 e. The van der Waals surface area contributed by atoms with Crippen molar-refractivity contribution in [2.24, 2.45) is 0 Å². The van der Waals surface area contributed by atoms with Gasteiger partial charge in [-0.25, -0.2) is 4.79 Å². The molecule has 0 radical (unpaired) electrons. The Labute approximate surface area is 193 Å². The van der Waals surface area contributed by atoms with Crippen LogP contribution in [0.1, 0.15) is 27.0 Å². The van der Waals surface area contributed by atoms with Crippen molar-refractivity contribution in [1.29, 1.82) is 5.26 Å². The number of carboxylic acid groups (broad SMARTS) is 1. The normalized spacial score (nSPS) is 10.8. The van der Waals surface area contributed by atoms with Crippen molar-refractivity contribution in [2.75, 3.05) is 0 Å². The first-order valence-corrected chi connectivity index (χ1v) is 10.4. The fraction of sp³-hybridized carbons (Fsp3) is 0.0800. The number of hydrogen-bond acceptors (Lipinski definition) is 4. The van der Waals surface area contributed by atoms with Gasteiger partial charge in [0, 0.05) is 6.54 Å². The predicted octanol–water partition coefficient (Wildman–Crippen LogP) is 4.95. The van der Waals surface area contributed by atoms with E-state index in [4.69, 9.17) is 9.84 Å². The molecule has 0 atom stereocenters. The second kappa shape index (κ2) is 10.9. The number of nitrogens with zero attached hydrogens (tertiary/aromatic N) is 1. The molecular weight excluding hydrogens is 472 g/mol. The first-order valence-electron chi connectivity index (χ1n) is 9.65. The molecule has 7 heteroatoms. The highest BCUT2D eigenvalue weighted by molar-refractivity contribution is 9.10. The lowest BCUT2D eigenvalue weighted by Crippen LogP contribution is -2.23. The van der Waals surface area contributed by atoms with E-state index >= 15 is 0 Å². The number of carboxylic acids is 1. The number of aromatic carboxylic acids is 1. The van der Waals surface area contributed by atoms with Gasteiger partial charge < -0.3 is 15.2 Å². The number of rotatable bonds is 8. The minimum atomic E-state index is -0.977. The van der Waals surface area contributed by atoms with Gasteiger partial charge in [0.1, 0.15) is 24.0 Å². The van der Waals surface area contributed by atoms with E-state index in [1.54, 1.807) is 30.3 Å². The van der Waals surface area contributed by atoms with Gasteiger partial charge in [-0.2, -0.15) is 5.26 Å². The molecule has 6 nitrogen and oxygen atoms in total. The predicted molar refractivity (Wildman–Crippen MR) is 124 cm³/mol. The van der Waals surface area contributed by atoms with Gasteiger partial charge in [0.2, 0.25) is 0 Å². The Hall–Kier alpha value is -3.89. The Morgan fingerprint density at radius 2 is 1.75 bits per heavy atom. The number of nitriles is 1. The lowest BCUT2D eigenvalue weighted by molar-refractivity contribution is -0.117. The zero-order valence-electron chi connectivity index (χ0n) is 16.9. The Kier molecular flexibility index (Phi) is 7.79. The zero-order chi connectivity index (χ0) is 22.9. The van der Waals surface area contributed by atoms with Crippen molar-refractivity contribution in [3.63, 3.8) is 0 Å². The molecule has 32 heavy (non-hydrogen) atoms. The number of hydrogen-bond donors (Lipinski definition) is 2. The van der Waals surface area contributed by atoms with E-state index in [0.717, 1.165) is 11.1 Å². The molecule has 0 saturated heterocycles. The summed E-state index contributed by atoms with van der Waals surface area (Å²) in [5, 5.41) is 21.1. The Bertz CT molecular complexity index is 1180. The summed E-state index contributed by atoms with van der Waals surface area (Å²) in [7, 11) is 0. The van der Waals surface area contributed by atoms with Crippen LogP contribution in [-0.2, 0) is 17.9 Å². The molecule has 0 bridgehead atoms. The first-order chi connectivity index (χ1) is 15.5. The summed E-state index contributed by atoms with van der Waals surface area (Å²) in [5.74, 6) is -0.844. The molecule has 0 fully saturated rings. The summed E-state index contributed by atoms with van der Waals surface area (Å²) in [4.78, 5) is 23.3. The third-order valence-electron chi connectivity index (χ3n) is 4.52. The number of carbonyl (C=O) groups excluding carboxylic acids is 1. The largest absolute Gasteiger partial charge is 0.488 e. The second-order valence-electron chi connectivity index (χ2n) is 6.82. The minimum Gasteiger partial charge on any atom is -0.488 e. The molecule has 0 aliphatic carbocycles. The number of carbonyl (C=O) groups is 2. The van der Waals surface area contributed by atoms with Gasteiger partial charge in [0.25, 0.3) is 5.91 Å². The van der Waals surface area contributed by atoms with Crippen molar-refractivity contribution < 1.29 is 19.4 Å². The zero-order valence-corrected chi connectivity index (χ0v) is 18.5. The number of benzene rings is 3. The summed E-state index contributed by atoms with van der Waals surface area (Å²) in [6.07, 6.45) is 1.51. The van der Waals surface area contributed by atoms with E-state index in [0.29, 0.717) is 22.3 Å². The molecule has 0 heterocycles. The molecule has 160 valence electrons. The van der Waals surface area contributed by atoms with Crippen molar-refractivity contribution in [1.82, 2.24) is 5.32 Å². The van der Waals surface area contributed by atoms with Gasteiger partial charge in [-0.15, -0.1) is 0 Å². The topological polar surface area (TPSA) is 99.4 Å². The summed E-state index contributed by atoms with van der Waals surface area (Å²) in [5.41, 5.74) is 2.65. The third kappa shape index (κ3) is 6.30. The molecule has 0 unspecified atom stereocenters. The Morgan fingerprint density at radius 1 is 1.03 bits per heavy atom. The molecule has 3 aromatic carbocycles.